The molecule has 2 unspecified atom stereocenters. The molecule has 2 aromatic rings. The van der Waals surface area contributed by atoms with Gasteiger partial charge in [-0.25, -0.2) is 8.42 Å². The summed E-state index contributed by atoms with van der Waals surface area (Å²) in [6.07, 6.45) is -3.21. The number of amides is 2. The third kappa shape index (κ3) is 8.51. The van der Waals surface area contributed by atoms with Crippen molar-refractivity contribution in [1.82, 2.24) is 10.2 Å². The monoisotopic (exact) mass is 595 g/mol. The molecule has 2 aromatic carbocycles. The summed E-state index contributed by atoms with van der Waals surface area (Å²) in [5.74, 6) is -1.21. The van der Waals surface area contributed by atoms with E-state index in [1.807, 2.05) is 6.92 Å². The molecule has 0 aliphatic carbocycles. The van der Waals surface area contributed by atoms with Gasteiger partial charge in [0.25, 0.3) is 0 Å². The number of carbonyl (C=O) groups is 2. The highest BCUT2D eigenvalue weighted by molar-refractivity contribution is 7.92. The molecule has 7 nitrogen and oxygen atoms in total. The molecule has 0 fully saturated rings. The second-order valence-electron chi connectivity index (χ2n) is 8.82. The van der Waals surface area contributed by atoms with Crippen molar-refractivity contribution in [3.8, 4) is 0 Å². The standard InChI is InChI=1S/C25H30Cl2F3N3O4S/c1-5-16(3)31-24(35)22(6-2)32(14-17-7-9-18(26)10-8-17)23(34)15-33(38(4,36)37)19-11-12-21(27)20(13-19)25(28,29)30/h7-13,16,22H,5-6,14-15H2,1-4H3,(H,31,35). The SMILES string of the molecule is CCC(C)NC(=O)C(CC)N(Cc1ccc(Cl)cc1)C(=O)CN(c1ccc(Cl)c(C(F)(F)F)c1)S(C)(=O)=O. The molecule has 13 heteroatoms. The van der Waals surface area contributed by atoms with Gasteiger partial charge in [-0.3, -0.25) is 13.9 Å². The molecule has 0 bridgehead atoms. The van der Waals surface area contributed by atoms with E-state index in [-0.39, 0.29) is 24.7 Å². The molecule has 38 heavy (non-hydrogen) atoms. The summed E-state index contributed by atoms with van der Waals surface area (Å²) in [5.41, 5.74) is -1.01. The normalized spacial score (nSPS) is 13.5. The number of anilines is 1. The number of sulfonamides is 1. The molecule has 2 atom stereocenters. The number of carbonyl (C=O) groups excluding carboxylic acids is 2. The maximum Gasteiger partial charge on any atom is 0.417 e. The van der Waals surface area contributed by atoms with Crippen LogP contribution < -0.4 is 9.62 Å². The molecular formula is C25H30Cl2F3N3O4S. The maximum absolute atomic E-state index is 13.6. The van der Waals surface area contributed by atoms with Gasteiger partial charge in [-0.15, -0.1) is 0 Å². The van der Waals surface area contributed by atoms with E-state index in [4.69, 9.17) is 23.2 Å². The summed E-state index contributed by atoms with van der Waals surface area (Å²) in [7, 11) is -4.22. The van der Waals surface area contributed by atoms with E-state index in [9.17, 15) is 31.2 Å². The first-order chi connectivity index (χ1) is 17.6. The minimum Gasteiger partial charge on any atom is -0.352 e. The Kier molecular flexibility index (Phi) is 10.9. The van der Waals surface area contributed by atoms with Crippen molar-refractivity contribution in [2.45, 2.75) is 58.4 Å². The van der Waals surface area contributed by atoms with Crippen LogP contribution in [0.25, 0.3) is 0 Å². The second-order valence-corrected chi connectivity index (χ2v) is 11.6. The maximum atomic E-state index is 13.6. The van der Waals surface area contributed by atoms with E-state index in [1.54, 1.807) is 38.1 Å². The van der Waals surface area contributed by atoms with Crippen LogP contribution in [0.3, 0.4) is 0 Å². The minimum absolute atomic E-state index is 0.0611. The Bertz CT molecular complexity index is 1240. The Hall–Kier alpha value is -2.50. The van der Waals surface area contributed by atoms with Crippen molar-refractivity contribution in [3.05, 3.63) is 63.6 Å². The number of rotatable bonds is 11. The van der Waals surface area contributed by atoms with Crippen LogP contribution >= 0.6 is 23.2 Å². The predicted molar refractivity (Wildman–Crippen MR) is 143 cm³/mol. The lowest BCUT2D eigenvalue weighted by molar-refractivity contribution is -0.140. The number of alkyl halides is 3. The van der Waals surface area contributed by atoms with Gasteiger partial charge in [0, 0.05) is 17.6 Å². The van der Waals surface area contributed by atoms with E-state index in [0.717, 1.165) is 18.4 Å². The van der Waals surface area contributed by atoms with Gasteiger partial charge in [0.2, 0.25) is 21.8 Å². The number of halogens is 5. The summed E-state index contributed by atoms with van der Waals surface area (Å²) in [6, 6.07) is 7.97. The highest BCUT2D eigenvalue weighted by Gasteiger charge is 2.36. The van der Waals surface area contributed by atoms with Gasteiger partial charge in [-0.05, 0) is 55.7 Å². The molecule has 0 saturated carbocycles. The largest absolute Gasteiger partial charge is 0.417 e. The first kappa shape index (κ1) is 31.7. The van der Waals surface area contributed by atoms with Gasteiger partial charge in [0.15, 0.2) is 0 Å². The summed E-state index contributed by atoms with van der Waals surface area (Å²) >= 11 is 11.6. The molecule has 0 aromatic heterocycles. The average molecular weight is 596 g/mol. The van der Waals surface area contributed by atoms with Crippen LogP contribution in [0.2, 0.25) is 10.0 Å². The zero-order chi connectivity index (χ0) is 28.8. The molecule has 0 heterocycles. The number of nitrogens with zero attached hydrogens (tertiary/aromatic N) is 2. The number of hydrogen-bond donors (Lipinski definition) is 1. The first-order valence-corrected chi connectivity index (χ1v) is 14.4. The molecule has 0 aliphatic rings. The second kappa shape index (κ2) is 13.0. The van der Waals surface area contributed by atoms with E-state index in [1.165, 1.54) is 4.90 Å². The average Bonchev–Trinajstić information content (AvgIpc) is 2.82. The summed E-state index contributed by atoms with van der Waals surface area (Å²) in [6.45, 7) is 4.49. The fraction of sp³-hybridized carbons (Fsp3) is 0.440. The molecule has 2 rings (SSSR count). The molecule has 0 spiro atoms. The van der Waals surface area contributed by atoms with Crippen LogP contribution in [0.4, 0.5) is 18.9 Å². The van der Waals surface area contributed by atoms with Gasteiger partial charge in [-0.1, -0.05) is 49.2 Å². The molecule has 210 valence electrons. The molecule has 0 saturated heterocycles. The van der Waals surface area contributed by atoms with Crippen LogP contribution in [0.1, 0.15) is 44.7 Å². The van der Waals surface area contributed by atoms with Gasteiger partial charge in [0.1, 0.15) is 12.6 Å². The minimum atomic E-state index is -4.84. The Morgan fingerprint density at radius 1 is 1.03 bits per heavy atom. The first-order valence-electron chi connectivity index (χ1n) is 11.8. The van der Waals surface area contributed by atoms with Crippen LogP contribution in [-0.4, -0.2) is 50.0 Å². The summed E-state index contributed by atoms with van der Waals surface area (Å²) in [5, 5.41) is 2.68. The van der Waals surface area contributed by atoms with Gasteiger partial charge < -0.3 is 10.2 Å². The molecule has 2 amide bonds. The van der Waals surface area contributed by atoms with E-state index >= 15 is 0 Å². The lowest BCUT2D eigenvalue weighted by atomic mass is 10.1. The van der Waals surface area contributed by atoms with Crippen LogP contribution in [0, 0.1) is 0 Å². The Morgan fingerprint density at radius 2 is 1.63 bits per heavy atom. The molecule has 1 N–H and O–H groups in total. The van der Waals surface area contributed by atoms with Crippen molar-refractivity contribution in [2.75, 3.05) is 17.1 Å². The summed E-state index contributed by atoms with van der Waals surface area (Å²) < 4.78 is 66.2. The number of nitrogens with one attached hydrogen (secondary N) is 1. The zero-order valence-corrected chi connectivity index (χ0v) is 23.7. The number of benzene rings is 2. The Balaban J connectivity index is 2.52. The van der Waals surface area contributed by atoms with Gasteiger partial charge in [0.05, 0.1) is 22.5 Å². The third-order valence-corrected chi connectivity index (χ3v) is 7.60. The fourth-order valence-corrected chi connectivity index (χ4v) is 4.84. The van der Waals surface area contributed by atoms with Gasteiger partial charge >= 0.3 is 6.18 Å². The lowest BCUT2D eigenvalue weighted by Crippen LogP contribution is -2.53. The Labute approximate surface area is 230 Å². The van der Waals surface area contributed by atoms with Crippen LogP contribution in [-0.2, 0) is 32.3 Å². The van der Waals surface area contributed by atoms with Gasteiger partial charge in [-0.2, -0.15) is 13.2 Å². The third-order valence-electron chi connectivity index (χ3n) is 5.88. The lowest BCUT2D eigenvalue weighted by Gasteiger charge is -2.33. The highest BCUT2D eigenvalue weighted by atomic mass is 35.5. The predicted octanol–water partition coefficient (Wildman–Crippen LogP) is 5.50. The smallest absolute Gasteiger partial charge is 0.352 e. The quantitative estimate of drug-likeness (QED) is 0.371. The van der Waals surface area contributed by atoms with Crippen molar-refractivity contribution >= 4 is 50.7 Å². The molecular weight excluding hydrogens is 566 g/mol. The Morgan fingerprint density at radius 3 is 2.13 bits per heavy atom. The van der Waals surface area contributed by atoms with Crippen LogP contribution in [0.5, 0.6) is 0 Å². The van der Waals surface area contributed by atoms with Crippen molar-refractivity contribution in [2.24, 2.45) is 0 Å². The summed E-state index contributed by atoms with van der Waals surface area (Å²) in [4.78, 5) is 27.9. The number of hydrogen-bond acceptors (Lipinski definition) is 4. The van der Waals surface area contributed by atoms with E-state index < -0.39 is 51.2 Å². The highest BCUT2D eigenvalue weighted by Crippen LogP contribution is 2.37. The fourth-order valence-electron chi connectivity index (χ4n) is 3.65. The van der Waals surface area contributed by atoms with E-state index in [2.05, 4.69) is 5.32 Å². The van der Waals surface area contributed by atoms with Crippen LogP contribution in [0.15, 0.2) is 42.5 Å². The van der Waals surface area contributed by atoms with E-state index in [0.29, 0.717) is 27.4 Å². The van der Waals surface area contributed by atoms with Crippen molar-refractivity contribution in [1.29, 1.82) is 0 Å². The molecule has 0 radical (unpaired) electrons. The topological polar surface area (TPSA) is 86.8 Å². The van der Waals surface area contributed by atoms with Crippen molar-refractivity contribution in [3.63, 3.8) is 0 Å². The molecule has 0 aliphatic heterocycles. The van der Waals surface area contributed by atoms with Crippen molar-refractivity contribution < 1.29 is 31.2 Å². The zero-order valence-electron chi connectivity index (χ0n) is 21.4.